The fraction of sp³-hybridized carbons (Fsp3) is 0.538. The lowest BCUT2D eigenvalue weighted by atomic mass is 10.0. The van der Waals surface area contributed by atoms with E-state index in [4.69, 9.17) is 11.6 Å². The van der Waals surface area contributed by atoms with E-state index < -0.39 is 0 Å². The zero-order chi connectivity index (χ0) is 12.8. The number of halogens is 2. The molecule has 0 heterocycles. The molecule has 0 spiro atoms. The molecule has 0 radical (unpaired) electrons. The van der Waals surface area contributed by atoms with E-state index in [0.29, 0.717) is 12.0 Å². The number of hydrogen-bond acceptors (Lipinski definition) is 2. The van der Waals surface area contributed by atoms with Crippen LogP contribution in [0.5, 0.6) is 0 Å². The van der Waals surface area contributed by atoms with E-state index in [0.717, 1.165) is 13.1 Å². The topological polar surface area (TPSA) is 15.3 Å². The summed E-state index contributed by atoms with van der Waals surface area (Å²) in [6.07, 6.45) is 0.651. The average molecular weight is 259 g/mol. The lowest BCUT2D eigenvalue weighted by molar-refractivity contribution is 0.337. The molecule has 0 aliphatic carbocycles. The monoisotopic (exact) mass is 258 g/mol. The molecule has 0 aliphatic rings. The van der Waals surface area contributed by atoms with Gasteiger partial charge in [-0.2, -0.15) is 0 Å². The number of rotatable bonds is 6. The predicted octanol–water partition coefficient (Wildman–Crippen LogP) is 2.56. The van der Waals surface area contributed by atoms with Gasteiger partial charge in [-0.25, -0.2) is 4.39 Å². The maximum atomic E-state index is 13.8. The first kappa shape index (κ1) is 14.4. The van der Waals surface area contributed by atoms with Crippen LogP contribution in [0.1, 0.15) is 12.5 Å². The van der Waals surface area contributed by atoms with E-state index in [1.807, 2.05) is 14.1 Å². The summed E-state index contributed by atoms with van der Waals surface area (Å²) in [5, 5.41) is 3.55. The molecule has 1 rings (SSSR count). The van der Waals surface area contributed by atoms with Gasteiger partial charge < -0.3 is 10.2 Å². The smallest absolute Gasteiger partial charge is 0.145 e. The Bertz CT molecular complexity index is 355. The summed E-state index contributed by atoms with van der Waals surface area (Å²) in [4.78, 5) is 2.09. The maximum absolute atomic E-state index is 13.8. The third-order valence-corrected chi connectivity index (χ3v) is 2.87. The number of benzene rings is 1. The molecule has 1 aromatic rings. The van der Waals surface area contributed by atoms with Crippen molar-refractivity contribution in [2.75, 3.05) is 27.2 Å². The van der Waals surface area contributed by atoms with E-state index in [2.05, 4.69) is 17.1 Å². The maximum Gasteiger partial charge on any atom is 0.145 e. The average Bonchev–Trinajstić information content (AvgIpc) is 2.24. The molecular formula is C13H20ClFN2. The number of hydrogen-bond donors (Lipinski definition) is 1. The van der Waals surface area contributed by atoms with E-state index in [-0.39, 0.29) is 16.9 Å². The second kappa shape index (κ2) is 6.94. The van der Waals surface area contributed by atoms with Crippen molar-refractivity contribution in [3.05, 3.63) is 34.6 Å². The van der Waals surface area contributed by atoms with Crippen molar-refractivity contribution in [2.45, 2.75) is 19.4 Å². The van der Waals surface area contributed by atoms with E-state index in [1.165, 1.54) is 0 Å². The van der Waals surface area contributed by atoms with Crippen LogP contribution in [0.15, 0.2) is 18.2 Å². The zero-order valence-electron chi connectivity index (χ0n) is 10.6. The lowest BCUT2D eigenvalue weighted by Crippen LogP contribution is -2.39. The molecule has 0 amide bonds. The van der Waals surface area contributed by atoms with Gasteiger partial charge in [0.2, 0.25) is 0 Å². The van der Waals surface area contributed by atoms with E-state index >= 15 is 0 Å². The Kier molecular flexibility index (Phi) is 5.89. The highest BCUT2D eigenvalue weighted by atomic mass is 35.5. The predicted molar refractivity (Wildman–Crippen MR) is 71.1 cm³/mol. The molecule has 0 bridgehead atoms. The number of nitrogens with one attached hydrogen (secondary N) is 1. The summed E-state index contributed by atoms with van der Waals surface area (Å²) in [7, 11) is 4.03. The zero-order valence-corrected chi connectivity index (χ0v) is 11.4. The van der Waals surface area contributed by atoms with Crippen LogP contribution in [-0.4, -0.2) is 38.1 Å². The molecular weight excluding hydrogens is 239 g/mol. The summed E-state index contributed by atoms with van der Waals surface area (Å²) in [5.74, 6) is -0.296. The number of nitrogens with zero attached hydrogens (tertiary/aromatic N) is 1. The van der Waals surface area contributed by atoms with Crippen LogP contribution >= 0.6 is 11.6 Å². The SMILES string of the molecule is CCNC(Cc1cccc(Cl)c1F)CN(C)C. The summed E-state index contributed by atoms with van der Waals surface area (Å²) in [5.41, 5.74) is 0.672. The number of likely N-dealkylation sites (N-methyl/N-ethyl adjacent to an activating group) is 2. The summed E-state index contributed by atoms with van der Waals surface area (Å²) < 4.78 is 13.8. The van der Waals surface area contributed by atoms with Crippen LogP contribution in [0.25, 0.3) is 0 Å². The van der Waals surface area contributed by atoms with Crippen LogP contribution in [0.4, 0.5) is 4.39 Å². The van der Waals surface area contributed by atoms with Gasteiger partial charge in [-0.1, -0.05) is 30.7 Å². The lowest BCUT2D eigenvalue weighted by Gasteiger charge is -2.22. The normalized spacial score (nSPS) is 13.1. The minimum Gasteiger partial charge on any atom is -0.313 e. The first-order valence-electron chi connectivity index (χ1n) is 5.85. The van der Waals surface area contributed by atoms with E-state index in [1.54, 1.807) is 18.2 Å². The highest BCUT2D eigenvalue weighted by Gasteiger charge is 2.13. The quantitative estimate of drug-likeness (QED) is 0.844. The molecule has 2 nitrogen and oxygen atoms in total. The third kappa shape index (κ3) is 4.62. The Morgan fingerprint density at radius 1 is 1.41 bits per heavy atom. The van der Waals surface area contributed by atoms with Crippen LogP contribution < -0.4 is 5.32 Å². The van der Waals surface area contributed by atoms with Gasteiger partial charge in [0.15, 0.2) is 0 Å². The molecule has 0 saturated carbocycles. The summed E-state index contributed by atoms with van der Waals surface area (Å²) in [6.45, 7) is 3.80. The Labute approximate surface area is 108 Å². The molecule has 1 N–H and O–H groups in total. The van der Waals surface area contributed by atoms with Crippen molar-refractivity contribution in [2.24, 2.45) is 0 Å². The Hall–Kier alpha value is -0.640. The van der Waals surface area contributed by atoms with Crippen LogP contribution in [0, 0.1) is 5.82 Å². The van der Waals surface area contributed by atoms with Gasteiger partial charge in [0.1, 0.15) is 5.82 Å². The Morgan fingerprint density at radius 2 is 2.12 bits per heavy atom. The van der Waals surface area contributed by atoms with E-state index in [9.17, 15) is 4.39 Å². The van der Waals surface area contributed by atoms with Crippen LogP contribution in [0.2, 0.25) is 5.02 Å². The van der Waals surface area contributed by atoms with Crippen LogP contribution in [-0.2, 0) is 6.42 Å². The minimum atomic E-state index is -0.296. The molecule has 0 fully saturated rings. The fourth-order valence-electron chi connectivity index (χ4n) is 1.90. The highest BCUT2D eigenvalue weighted by Crippen LogP contribution is 2.19. The van der Waals surface area contributed by atoms with Crippen molar-refractivity contribution >= 4 is 11.6 Å². The molecule has 96 valence electrons. The van der Waals surface area contributed by atoms with Crippen molar-refractivity contribution in [1.29, 1.82) is 0 Å². The second-order valence-corrected chi connectivity index (χ2v) is 4.84. The van der Waals surface area contributed by atoms with Gasteiger partial charge in [-0.15, -0.1) is 0 Å². The fourth-order valence-corrected chi connectivity index (χ4v) is 2.10. The van der Waals surface area contributed by atoms with Gasteiger partial charge in [-0.05, 0) is 38.7 Å². The van der Waals surface area contributed by atoms with Crippen molar-refractivity contribution < 1.29 is 4.39 Å². The van der Waals surface area contributed by atoms with Crippen molar-refractivity contribution in [1.82, 2.24) is 10.2 Å². The van der Waals surface area contributed by atoms with Crippen LogP contribution in [0.3, 0.4) is 0 Å². The standard InChI is InChI=1S/C13H20ClFN2/c1-4-16-11(9-17(2)3)8-10-6-5-7-12(14)13(10)15/h5-7,11,16H,4,8-9H2,1-3H3. The molecule has 1 aromatic carbocycles. The van der Waals surface area contributed by atoms with Crippen molar-refractivity contribution in [3.63, 3.8) is 0 Å². The Morgan fingerprint density at radius 3 is 2.71 bits per heavy atom. The molecule has 1 unspecified atom stereocenters. The molecule has 17 heavy (non-hydrogen) atoms. The van der Waals surface area contributed by atoms with Gasteiger partial charge in [0.05, 0.1) is 5.02 Å². The highest BCUT2D eigenvalue weighted by molar-refractivity contribution is 6.30. The minimum absolute atomic E-state index is 0.197. The first-order chi connectivity index (χ1) is 8.04. The molecule has 0 saturated heterocycles. The molecule has 4 heteroatoms. The molecule has 1 atom stereocenters. The summed E-state index contributed by atoms with van der Waals surface area (Å²) in [6, 6.07) is 5.40. The van der Waals surface area contributed by atoms with Gasteiger partial charge in [0, 0.05) is 12.6 Å². The Balaban J connectivity index is 2.74. The van der Waals surface area contributed by atoms with Gasteiger partial charge >= 0.3 is 0 Å². The third-order valence-electron chi connectivity index (χ3n) is 2.58. The largest absolute Gasteiger partial charge is 0.313 e. The van der Waals surface area contributed by atoms with Crippen molar-refractivity contribution in [3.8, 4) is 0 Å². The summed E-state index contributed by atoms with van der Waals surface area (Å²) >= 11 is 5.77. The van der Waals surface area contributed by atoms with Gasteiger partial charge in [0.25, 0.3) is 0 Å². The second-order valence-electron chi connectivity index (χ2n) is 4.43. The molecule has 0 aromatic heterocycles. The first-order valence-corrected chi connectivity index (χ1v) is 6.23. The van der Waals surface area contributed by atoms with Gasteiger partial charge in [-0.3, -0.25) is 0 Å². The molecule has 0 aliphatic heterocycles.